The smallest absolute Gasteiger partial charge is 0.232 e. The predicted molar refractivity (Wildman–Crippen MR) is 115 cm³/mol. The Labute approximate surface area is 180 Å². The van der Waals surface area contributed by atoms with E-state index in [0.29, 0.717) is 23.4 Å². The van der Waals surface area contributed by atoms with Crippen molar-refractivity contribution < 1.29 is 14.0 Å². The Kier molecular flexibility index (Phi) is 7.84. The van der Waals surface area contributed by atoms with E-state index in [1.165, 1.54) is 30.3 Å². The van der Waals surface area contributed by atoms with Crippen molar-refractivity contribution in [3.8, 4) is 0 Å². The number of nitrogens with one attached hydrogen (secondary N) is 2. The Morgan fingerprint density at radius 3 is 2.70 bits per heavy atom. The number of hydrogen-bond donors (Lipinski definition) is 2. The van der Waals surface area contributed by atoms with Crippen molar-refractivity contribution in [2.24, 2.45) is 5.92 Å². The van der Waals surface area contributed by atoms with Crippen LogP contribution >= 0.6 is 11.8 Å². The van der Waals surface area contributed by atoms with E-state index < -0.39 is 5.82 Å². The second-order valence-corrected chi connectivity index (χ2v) is 8.51. The number of rotatable bonds is 8. The molecule has 0 spiro atoms. The van der Waals surface area contributed by atoms with Crippen LogP contribution in [0.2, 0.25) is 0 Å². The minimum Gasteiger partial charge on any atom is -0.352 e. The molecule has 1 heterocycles. The number of thioether (sulfide) groups is 1. The van der Waals surface area contributed by atoms with Crippen LogP contribution in [0.3, 0.4) is 0 Å². The molecule has 1 saturated carbocycles. The van der Waals surface area contributed by atoms with Crippen molar-refractivity contribution >= 4 is 29.3 Å². The first kappa shape index (κ1) is 22.3. The highest BCUT2D eigenvalue weighted by molar-refractivity contribution is 7.99. The van der Waals surface area contributed by atoms with E-state index in [-0.39, 0.29) is 35.7 Å². The normalized spacial score (nSPS) is 18.8. The first-order valence-corrected chi connectivity index (χ1v) is 11.3. The van der Waals surface area contributed by atoms with Gasteiger partial charge < -0.3 is 15.2 Å². The molecule has 7 nitrogen and oxygen atoms in total. The fraction of sp³-hybridized carbons (Fsp3) is 0.524. The van der Waals surface area contributed by atoms with Crippen molar-refractivity contribution in [2.75, 3.05) is 11.1 Å². The number of carbonyl (C=O) groups excluding carboxylic acids is 2. The molecule has 162 valence electrons. The first-order valence-electron chi connectivity index (χ1n) is 10.4. The zero-order chi connectivity index (χ0) is 21.5. The Hall–Kier alpha value is -2.42. The maximum Gasteiger partial charge on any atom is 0.232 e. The molecule has 0 radical (unpaired) electrons. The molecule has 0 bridgehead atoms. The number of anilines is 1. The van der Waals surface area contributed by atoms with Crippen molar-refractivity contribution in [2.45, 2.75) is 63.7 Å². The van der Waals surface area contributed by atoms with Gasteiger partial charge >= 0.3 is 0 Å². The van der Waals surface area contributed by atoms with Gasteiger partial charge in [-0.2, -0.15) is 0 Å². The summed E-state index contributed by atoms with van der Waals surface area (Å²) < 4.78 is 15.5. The summed E-state index contributed by atoms with van der Waals surface area (Å²) in [5, 5.41) is 14.5. The third-order valence-corrected chi connectivity index (χ3v) is 6.33. The topological polar surface area (TPSA) is 88.9 Å². The summed E-state index contributed by atoms with van der Waals surface area (Å²) in [7, 11) is 0. The number of aromatic nitrogens is 3. The summed E-state index contributed by atoms with van der Waals surface area (Å²) in [5.41, 5.74) is 0.133. The number of nitrogens with zero attached hydrogens (tertiary/aromatic N) is 3. The molecule has 2 N–H and O–H groups in total. The lowest BCUT2D eigenvalue weighted by Crippen LogP contribution is -2.41. The summed E-state index contributed by atoms with van der Waals surface area (Å²) in [5.74, 6) is 0.369. The minimum absolute atomic E-state index is 0.0109. The highest BCUT2D eigenvalue weighted by Gasteiger charge is 2.23. The van der Waals surface area contributed by atoms with Gasteiger partial charge in [0.15, 0.2) is 5.16 Å². The number of para-hydroxylation sites is 1. The molecule has 30 heavy (non-hydrogen) atoms. The average molecular weight is 434 g/mol. The molecular formula is C21H28FN5O2S. The maximum absolute atomic E-state index is 13.7. The summed E-state index contributed by atoms with van der Waals surface area (Å²) in [4.78, 5) is 24.7. The fourth-order valence-corrected chi connectivity index (χ4v) is 4.52. The molecule has 1 fully saturated rings. The van der Waals surface area contributed by atoms with E-state index >= 15 is 0 Å². The lowest BCUT2D eigenvalue weighted by Gasteiger charge is -2.29. The fourth-order valence-electron chi connectivity index (χ4n) is 3.68. The lowest BCUT2D eigenvalue weighted by molar-refractivity contribution is -0.120. The van der Waals surface area contributed by atoms with Crippen LogP contribution in [0.5, 0.6) is 0 Å². The largest absolute Gasteiger partial charge is 0.352 e. The van der Waals surface area contributed by atoms with E-state index in [2.05, 4.69) is 27.8 Å². The minimum atomic E-state index is -0.489. The molecule has 0 unspecified atom stereocenters. The molecule has 1 aromatic heterocycles. The molecule has 0 saturated heterocycles. The van der Waals surface area contributed by atoms with Crippen LogP contribution in [0.15, 0.2) is 29.4 Å². The molecule has 9 heteroatoms. The van der Waals surface area contributed by atoms with Gasteiger partial charge in [0.2, 0.25) is 11.8 Å². The average Bonchev–Trinajstić information content (AvgIpc) is 3.11. The van der Waals surface area contributed by atoms with Gasteiger partial charge in [0.25, 0.3) is 0 Å². The number of benzene rings is 1. The van der Waals surface area contributed by atoms with Crippen LogP contribution in [0.25, 0.3) is 0 Å². The van der Waals surface area contributed by atoms with Crippen LogP contribution in [0, 0.1) is 11.7 Å². The van der Waals surface area contributed by atoms with Gasteiger partial charge in [0.1, 0.15) is 11.6 Å². The highest BCUT2D eigenvalue weighted by atomic mass is 32.2. The Morgan fingerprint density at radius 1 is 1.20 bits per heavy atom. The molecule has 1 aliphatic rings. The number of halogens is 1. The van der Waals surface area contributed by atoms with Crippen molar-refractivity contribution in [3.63, 3.8) is 0 Å². The molecule has 0 aliphatic heterocycles. The van der Waals surface area contributed by atoms with Gasteiger partial charge in [-0.05, 0) is 37.8 Å². The van der Waals surface area contributed by atoms with E-state index in [4.69, 9.17) is 0 Å². The van der Waals surface area contributed by atoms with Gasteiger partial charge in [0, 0.05) is 12.6 Å². The number of hydrogen-bond acceptors (Lipinski definition) is 5. The maximum atomic E-state index is 13.7. The summed E-state index contributed by atoms with van der Waals surface area (Å²) >= 11 is 1.31. The molecule has 1 aromatic carbocycles. The van der Waals surface area contributed by atoms with Crippen LogP contribution in [-0.4, -0.2) is 38.4 Å². The summed E-state index contributed by atoms with van der Waals surface area (Å²) in [6.07, 6.45) is 4.55. The molecule has 2 amide bonds. The second-order valence-electron chi connectivity index (χ2n) is 7.57. The predicted octanol–water partition coefficient (Wildman–Crippen LogP) is 3.41. The Morgan fingerprint density at radius 2 is 1.97 bits per heavy atom. The van der Waals surface area contributed by atoms with Gasteiger partial charge in [-0.25, -0.2) is 4.39 Å². The quantitative estimate of drug-likeness (QED) is 0.623. The van der Waals surface area contributed by atoms with E-state index in [1.807, 2.05) is 11.5 Å². The van der Waals surface area contributed by atoms with Crippen molar-refractivity contribution in [3.05, 3.63) is 35.9 Å². The highest BCUT2D eigenvalue weighted by Crippen LogP contribution is 2.24. The molecule has 2 atom stereocenters. The van der Waals surface area contributed by atoms with E-state index in [9.17, 15) is 14.0 Å². The molecule has 1 aliphatic carbocycles. The van der Waals surface area contributed by atoms with Crippen LogP contribution in [-0.2, 0) is 22.6 Å². The molecule has 3 rings (SSSR count). The summed E-state index contributed by atoms with van der Waals surface area (Å²) in [6.45, 7) is 4.68. The number of carbonyl (C=O) groups is 2. The third kappa shape index (κ3) is 5.81. The molecular weight excluding hydrogens is 405 g/mol. The third-order valence-electron chi connectivity index (χ3n) is 5.37. The van der Waals surface area contributed by atoms with Gasteiger partial charge in [-0.1, -0.05) is 43.7 Å². The Balaban J connectivity index is 1.55. The first-order chi connectivity index (χ1) is 14.5. The van der Waals surface area contributed by atoms with Crippen LogP contribution in [0.1, 0.15) is 45.4 Å². The Bertz CT molecular complexity index is 888. The van der Waals surface area contributed by atoms with Gasteiger partial charge in [0.05, 0.1) is 17.9 Å². The SMILES string of the molecule is CCn1c(CC(=O)Nc2ccccc2F)nnc1SCC(=O)N[C@H]1CCCC[C@H]1C. The van der Waals surface area contributed by atoms with Gasteiger partial charge in [-0.3, -0.25) is 9.59 Å². The van der Waals surface area contributed by atoms with Gasteiger partial charge in [-0.15, -0.1) is 10.2 Å². The second kappa shape index (κ2) is 10.6. The zero-order valence-corrected chi connectivity index (χ0v) is 18.2. The van der Waals surface area contributed by atoms with Crippen molar-refractivity contribution in [1.29, 1.82) is 0 Å². The monoisotopic (exact) mass is 433 g/mol. The van der Waals surface area contributed by atoms with E-state index in [0.717, 1.165) is 19.3 Å². The lowest BCUT2D eigenvalue weighted by atomic mass is 9.86. The zero-order valence-electron chi connectivity index (χ0n) is 17.4. The number of amides is 2. The van der Waals surface area contributed by atoms with Crippen LogP contribution < -0.4 is 10.6 Å². The van der Waals surface area contributed by atoms with Crippen LogP contribution in [0.4, 0.5) is 10.1 Å². The standard InChI is InChI=1S/C21H28FN5O2S/c1-3-27-18(12-19(28)24-17-11-7-5-9-15(17)22)25-26-21(27)30-13-20(29)23-16-10-6-4-8-14(16)2/h5,7,9,11,14,16H,3-4,6,8,10,12-13H2,1-2H3,(H,23,29)(H,24,28)/t14-,16+/m1/s1. The summed E-state index contributed by atoms with van der Waals surface area (Å²) in [6, 6.07) is 6.26. The van der Waals surface area contributed by atoms with E-state index in [1.54, 1.807) is 12.1 Å². The molecule has 2 aromatic rings. The van der Waals surface area contributed by atoms with Crippen molar-refractivity contribution in [1.82, 2.24) is 20.1 Å².